The van der Waals surface area contributed by atoms with Gasteiger partial charge < -0.3 is 10.3 Å². The molecule has 3 aromatic rings. The van der Waals surface area contributed by atoms with Crippen molar-refractivity contribution in [2.45, 2.75) is 24.4 Å². The van der Waals surface area contributed by atoms with Gasteiger partial charge in [-0.2, -0.15) is 0 Å². The van der Waals surface area contributed by atoms with E-state index in [0.29, 0.717) is 24.4 Å². The van der Waals surface area contributed by atoms with Gasteiger partial charge >= 0.3 is 0 Å². The number of ketones is 1. The van der Waals surface area contributed by atoms with Crippen LogP contribution in [0.25, 0.3) is 22.5 Å². The zero-order valence-corrected chi connectivity index (χ0v) is 16.6. The first-order valence-corrected chi connectivity index (χ1v) is 10.4. The number of imidazole rings is 1. The zero-order valence-electron chi connectivity index (χ0n) is 15.7. The molecule has 0 saturated heterocycles. The van der Waals surface area contributed by atoms with Gasteiger partial charge in [-0.3, -0.25) is 9.59 Å². The van der Waals surface area contributed by atoms with Crippen LogP contribution < -0.4 is 5.32 Å². The van der Waals surface area contributed by atoms with Crippen molar-refractivity contribution in [2.24, 2.45) is 5.92 Å². The highest BCUT2D eigenvalue weighted by molar-refractivity contribution is 7.98. The molecule has 29 heavy (non-hydrogen) atoms. The molecule has 0 radical (unpaired) electrons. The largest absolute Gasteiger partial charge is 0.332 e. The maximum atomic E-state index is 13.3. The fourth-order valence-corrected chi connectivity index (χ4v) is 3.78. The van der Waals surface area contributed by atoms with Gasteiger partial charge in [0, 0.05) is 36.1 Å². The first-order chi connectivity index (χ1) is 14.0. The molecule has 1 saturated carbocycles. The summed E-state index contributed by atoms with van der Waals surface area (Å²) < 4.78 is 13.3. The molecule has 148 valence electrons. The van der Waals surface area contributed by atoms with Crippen LogP contribution in [0, 0.1) is 11.7 Å². The lowest BCUT2D eigenvalue weighted by molar-refractivity contribution is -0.122. The Morgan fingerprint density at radius 2 is 2.03 bits per heavy atom. The number of aromatic nitrogens is 3. The van der Waals surface area contributed by atoms with E-state index in [0.717, 1.165) is 22.0 Å². The number of hydrogen-bond donors (Lipinski definition) is 2. The van der Waals surface area contributed by atoms with Gasteiger partial charge in [0.2, 0.25) is 5.91 Å². The van der Waals surface area contributed by atoms with Crippen LogP contribution in [0.4, 0.5) is 10.2 Å². The number of Topliss-reactive ketones (excluding diaryl/α,β-unsaturated/α-hetero) is 1. The Hall–Kier alpha value is -3.00. The number of H-pyrrole nitrogens is 1. The van der Waals surface area contributed by atoms with Gasteiger partial charge in [0.05, 0.1) is 11.4 Å². The summed E-state index contributed by atoms with van der Waals surface area (Å²) in [5, 5.41) is 3.53. The molecule has 1 aliphatic carbocycles. The summed E-state index contributed by atoms with van der Waals surface area (Å²) in [5.41, 5.74) is 3.03. The summed E-state index contributed by atoms with van der Waals surface area (Å²) in [6.45, 7) is 0. The second-order valence-corrected chi connectivity index (χ2v) is 7.67. The van der Waals surface area contributed by atoms with E-state index in [1.54, 1.807) is 24.4 Å². The summed E-state index contributed by atoms with van der Waals surface area (Å²) in [6.07, 6.45) is 4.84. The number of carbonyl (C=O) groups excluding carboxylic acids is 2. The second-order valence-electron chi connectivity index (χ2n) is 6.87. The summed E-state index contributed by atoms with van der Waals surface area (Å²) in [7, 11) is 0. The van der Waals surface area contributed by atoms with Crippen molar-refractivity contribution in [3.05, 3.63) is 48.4 Å². The molecule has 1 aromatic carbocycles. The van der Waals surface area contributed by atoms with Gasteiger partial charge in [0.1, 0.15) is 17.4 Å². The van der Waals surface area contributed by atoms with Gasteiger partial charge in [-0.25, -0.2) is 14.4 Å². The van der Waals surface area contributed by atoms with Crippen molar-refractivity contribution in [3.8, 4) is 22.5 Å². The van der Waals surface area contributed by atoms with Crippen molar-refractivity contribution in [3.63, 3.8) is 0 Å². The minimum atomic E-state index is -0.306. The number of thioether (sulfide) groups is 1. The Balaban J connectivity index is 1.64. The molecule has 8 heteroatoms. The molecule has 4 rings (SSSR count). The van der Waals surface area contributed by atoms with Gasteiger partial charge in [0.25, 0.3) is 0 Å². The molecule has 1 unspecified atom stereocenters. The maximum absolute atomic E-state index is 13.3. The van der Waals surface area contributed by atoms with E-state index in [4.69, 9.17) is 0 Å². The minimum absolute atomic E-state index is 0.122. The molecular formula is C21H19FN4O2S. The number of nitrogens with zero attached hydrogens (tertiary/aromatic N) is 2. The highest BCUT2D eigenvalue weighted by Crippen LogP contribution is 2.33. The third kappa shape index (κ3) is 4.22. The van der Waals surface area contributed by atoms with Crippen LogP contribution in [0.15, 0.2) is 47.8 Å². The Morgan fingerprint density at radius 3 is 2.72 bits per heavy atom. The van der Waals surface area contributed by atoms with Gasteiger partial charge in [0.15, 0.2) is 5.16 Å². The lowest BCUT2D eigenvalue weighted by atomic mass is 10.1. The Bertz CT molecular complexity index is 1060. The quantitative estimate of drug-likeness (QED) is 0.612. The van der Waals surface area contributed by atoms with Crippen LogP contribution in [-0.4, -0.2) is 32.9 Å². The number of pyridine rings is 1. The van der Waals surface area contributed by atoms with E-state index in [1.807, 2.05) is 12.3 Å². The lowest BCUT2D eigenvalue weighted by Gasteiger charge is -2.10. The van der Waals surface area contributed by atoms with Gasteiger partial charge in [-0.1, -0.05) is 11.8 Å². The van der Waals surface area contributed by atoms with E-state index >= 15 is 0 Å². The number of benzene rings is 1. The monoisotopic (exact) mass is 410 g/mol. The molecule has 1 atom stereocenters. The van der Waals surface area contributed by atoms with Crippen molar-refractivity contribution >= 4 is 29.3 Å². The van der Waals surface area contributed by atoms with Gasteiger partial charge in [-0.05, 0) is 49.1 Å². The number of hydrogen-bond acceptors (Lipinski definition) is 5. The number of nitrogens with one attached hydrogen (secondary N) is 2. The highest BCUT2D eigenvalue weighted by atomic mass is 32.2. The molecule has 6 nitrogen and oxygen atoms in total. The molecule has 0 aliphatic heterocycles. The van der Waals surface area contributed by atoms with Crippen molar-refractivity contribution in [2.75, 3.05) is 11.6 Å². The lowest BCUT2D eigenvalue weighted by Crippen LogP contribution is -2.21. The molecule has 2 N–H and O–H groups in total. The smallest absolute Gasteiger partial charge is 0.229 e. The van der Waals surface area contributed by atoms with Crippen molar-refractivity contribution in [1.29, 1.82) is 0 Å². The standard InChI is InChI=1S/C21H19FN4O2S/c1-29-21-25-18(12-2-5-15(22)6-3-12)19(26-21)13-8-9-23-17(11-13)24-20(28)14-4-7-16(27)10-14/h2-3,5-6,8-9,11,14H,4,7,10H2,1H3,(H,25,26)(H,23,24,28). The van der Waals surface area contributed by atoms with E-state index in [2.05, 4.69) is 20.3 Å². The van der Waals surface area contributed by atoms with E-state index in [-0.39, 0.29) is 29.8 Å². The normalized spacial score (nSPS) is 16.2. The number of anilines is 1. The van der Waals surface area contributed by atoms with Crippen LogP contribution in [-0.2, 0) is 9.59 Å². The van der Waals surface area contributed by atoms with Crippen LogP contribution in [0.3, 0.4) is 0 Å². The number of aromatic amines is 1. The Morgan fingerprint density at radius 1 is 1.24 bits per heavy atom. The molecule has 2 aromatic heterocycles. The number of halogens is 1. The molecule has 1 fully saturated rings. The Kier molecular flexibility index (Phi) is 5.44. The fourth-order valence-electron chi connectivity index (χ4n) is 3.39. The molecular weight excluding hydrogens is 391 g/mol. The van der Waals surface area contributed by atoms with Gasteiger partial charge in [-0.15, -0.1) is 0 Å². The third-order valence-corrected chi connectivity index (χ3v) is 5.49. The fraction of sp³-hybridized carbons (Fsp3) is 0.238. The SMILES string of the molecule is CSc1nc(-c2ccnc(NC(=O)C3CCC(=O)C3)c2)c(-c2ccc(F)cc2)[nH]1. The predicted octanol–water partition coefficient (Wildman–Crippen LogP) is 4.31. The molecule has 0 bridgehead atoms. The van der Waals surface area contributed by atoms with Crippen molar-refractivity contribution in [1.82, 2.24) is 15.0 Å². The third-order valence-electron chi connectivity index (χ3n) is 4.91. The highest BCUT2D eigenvalue weighted by Gasteiger charge is 2.28. The number of rotatable bonds is 5. The van der Waals surface area contributed by atoms with E-state index in [9.17, 15) is 14.0 Å². The molecule has 2 heterocycles. The molecule has 1 amide bonds. The summed E-state index contributed by atoms with van der Waals surface area (Å²) >= 11 is 1.47. The summed E-state index contributed by atoms with van der Waals surface area (Å²) in [6, 6.07) is 9.75. The van der Waals surface area contributed by atoms with Crippen molar-refractivity contribution < 1.29 is 14.0 Å². The van der Waals surface area contributed by atoms with Crippen LogP contribution >= 0.6 is 11.8 Å². The zero-order chi connectivity index (χ0) is 20.4. The molecule has 0 spiro atoms. The Labute approximate surface area is 171 Å². The second kappa shape index (κ2) is 8.16. The maximum Gasteiger partial charge on any atom is 0.229 e. The first-order valence-electron chi connectivity index (χ1n) is 9.22. The van der Waals surface area contributed by atoms with Crippen LogP contribution in [0.1, 0.15) is 19.3 Å². The topological polar surface area (TPSA) is 87.7 Å². The average Bonchev–Trinajstić information content (AvgIpc) is 3.35. The number of amides is 1. The van der Waals surface area contributed by atoms with E-state index in [1.165, 1.54) is 23.9 Å². The summed E-state index contributed by atoms with van der Waals surface area (Å²) in [5.74, 6) is -0.260. The number of carbonyl (C=O) groups is 2. The van der Waals surface area contributed by atoms with Crippen LogP contribution in [0.5, 0.6) is 0 Å². The molecule has 1 aliphatic rings. The predicted molar refractivity (Wildman–Crippen MR) is 110 cm³/mol. The van der Waals surface area contributed by atoms with Crippen LogP contribution in [0.2, 0.25) is 0 Å². The minimum Gasteiger partial charge on any atom is -0.332 e. The summed E-state index contributed by atoms with van der Waals surface area (Å²) in [4.78, 5) is 36.0. The average molecular weight is 410 g/mol. The first kappa shape index (κ1) is 19.3. The van der Waals surface area contributed by atoms with E-state index < -0.39 is 0 Å².